The van der Waals surface area contributed by atoms with Crippen LogP contribution >= 0.6 is 0 Å². The van der Waals surface area contributed by atoms with Crippen LogP contribution in [-0.2, 0) is 0 Å². The van der Waals surface area contributed by atoms with E-state index >= 15 is 0 Å². The highest BCUT2D eigenvalue weighted by atomic mass is 28.3. The fourth-order valence-electron chi connectivity index (χ4n) is 4.58. The standard InChI is InChI=1S/C15H27BSi/c1-5-12-16-14-10-6-8-13(9-7-11-14)15(16)17(2,3)4/h12-15H,1,6-11H2,2-4H3. The third-order valence-corrected chi connectivity index (χ3v) is 7.93. The molecular weight excluding hydrogens is 219 g/mol. The number of hydrogen-bond donors (Lipinski definition) is 0. The van der Waals surface area contributed by atoms with Gasteiger partial charge in [0.15, 0.2) is 6.71 Å². The van der Waals surface area contributed by atoms with Crippen molar-refractivity contribution in [1.82, 2.24) is 0 Å². The molecule has 2 bridgehead atoms. The van der Waals surface area contributed by atoms with E-state index in [1.54, 1.807) is 0 Å². The molecule has 2 rings (SSSR count). The average molecular weight is 246 g/mol. The molecule has 0 amide bonds. The van der Waals surface area contributed by atoms with Crippen LogP contribution < -0.4 is 0 Å². The Morgan fingerprint density at radius 3 is 2.18 bits per heavy atom. The molecule has 2 heterocycles. The van der Waals surface area contributed by atoms with E-state index in [9.17, 15) is 0 Å². The van der Waals surface area contributed by atoms with Gasteiger partial charge in [-0.3, -0.25) is 0 Å². The van der Waals surface area contributed by atoms with Gasteiger partial charge < -0.3 is 0 Å². The Hall–Kier alpha value is -0.198. The van der Waals surface area contributed by atoms with Crippen molar-refractivity contribution in [3.8, 4) is 0 Å². The van der Waals surface area contributed by atoms with Gasteiger partial charge in [-0.2, -0.15) is 0 Å². The lowest BCUT2D eigenvalue weighted by atomic mass is 9.37. The van der Waals surface area contributed by atoms with Gasteiger partial charge in [-0.05, 0) is 5.92 Å². The first-order valence-corrected chi connectivity index (χ1v) is 11.0. The molecule has 2 fully saturated rings. The molecule has 0 aromatic rings. The zero-order chi connectivity index (χ0) is 12.5. The summed E-state index contributed by atoms with van der Waals surface area (Å²) in [5.41, 5.74) is 4.11. The Balaban J connectivity index is 2.37. The molecule has 0 aromatic carbocycles. The summed E-state index contributed by atoms with van der Waals surface area (Å²) in [4.78, 5) is 0. The second-order valence-corrected chi connectivity index (χ2v) is 12.6. The van der Waals surface area contributed by atoms with Crippen molar-refractivity contribution in [3.63, 3.8) is 0 Å². The minimum Gasteiger partial charge on any atom is -0.143 e. The zero-order valence-electron chi connectivity index (χ0n) is 11.8. The van der Waals surface area contributed by atoms with Gasteiger partial charge in [0.25, 0.3) is 0 Å². The van der Waals surface area contributed by atoms with Crippen molar-refractivity contribution in [2.75, 3.05) is 0 Å². The molecule has 0 nitrogen and oxygen atoms in total. The van der Waals surface area contributed by atoms with Gasteiger partial charge in [-0.1, -0.05) is 82.0 Å². The van der Waals surface area contributed by atoms with E-state index in [1.807, 2.05) is 0 Å². The lowest BCUT2D eigenvalue weighted by Crippen LogP contribution is -2.42. The van der Waals surface area contributed by atoms with Gasteiger partial charge in [0.1, 0.15) is 0 Å². The highest BCUT2D eigenvalue weighted by Gasteiger charge is 2.46. The lowest BCUT2D eigenvalue weighted by Gasteiger charge is -2.37. The van der Waals surface area contributed by atoms with Crippen molar-refractivity contribution >= 4 is 14.8 Å². The first kappa shape index (κ1) is 13.2. The summed E-state index contributed by atoms with van der Waals surface area (Å²) in [6.07, 6.45) is 8.84. The molecule has 0 aromatic heterocycles. The van der Waals surface area contributed by atoms with Crippen molar-refractivity contribution in [3.05, 3.63) is 18.3 Å². The van der Waals surface area contributed by atoms with Crippen molar-refractivity contribution in [2.24, 2.45) is 5.92 Å². The molecule has 1 atom stereocenters. The molecule has 1 unspecified atom stereocenters. The molecule has 94 valence electrons. The lowest BCUT2D eigenvalue weighted by molar-refractivity contribution is 0.411. The predicted molar refractivity (Wildman–Crippen MR) is 81.5 cm³/mol. The Kier molecular flexibility index (Phi) is 4.05. The molecule has 0 N–H and O–H groups in total. The number of fused-ring (bicyclic) bond motifs is 3. The van der Waals surface area contributed by atoms with E-state index < -0.39 is 8.07 Å². The maximum absolute atomic E-state index is 3.85. The molecule has 0 radical (unpaired) electrons. The van der Waals surface area contributed by atoms with E-state index in [2.05, 4.69) is 37.9 Å². The van der Waals surface area contributed by atoms with E-state index in [4.69, 9.17) is 0 Å². The molecule has 2 aliphatic rings. The highest BCUT2D eigenvalue weighted by Crippen LogP contribution is 2.50. The van der Waals surface area contributed by atoms with Gasteiger partial charge >= 0.3 is 0 Å². The summed E-state index contributed by atoms with van der Waals surface area (Å²) in [6, 6.07) is 0. The quantitative estimate of drug-likeness (QED) is 0.477. The topological polar surface area (TPSA) is 0 Å². The minimum absolute atomic E-state index is 0.800. The van der Waals surface area contributed by atoms with Crippen LogP contribution in [0.25, 0.3) is 0 Å². The maximum Gasteiger partial charge on any atom is 0.180 e. The van der Waals surface area contributed by atoms with Gasteiger partial charge in [-0.25, -0.2) is 0 Å². The second-order valence-electron chi connectivity index (χ2n) is 7.22. The highest BCUT2D eigenvalue weighted by molar-refractivity contribution is 6.92. The SMILES string of the molecule is C=C=CB1C2CCCC(CCC2)C1[Si](C)(C)C. The Bertz CT molecular complexity index is 301. The third-order valence-electron chi connectivity index (χ3n) is 5.08. The Labute approximate surface area is 109 Å². The van der Waals surface area contributed by atoms with Crippen LogP contribution in [0, 0.1) is 5.92 Å². The monoisotopic (exact) mass is 246 g/mol. The molecule has 2 heteroatoms. The fourth-order valence-corrected chi connectivity index (χ4v) is 7.86. The summed E-state index contributed by atoms with van der Waals surface area (Å²) in [7, 11) is -1.07. The first-order chi connectivity index (χ1) is 8.04. The van der Waals surface area contributed by atoms with Crippen molar-refractivity contribution < 1.29 is 0 Å². The van der Waals surface area contributed by atoms with Crippen LogP contribution in [0.5, 0.6) is 0 Å². The summed E-state index contributed by atoms with van der Waals surface area (Å²) in [6.45, 7) is 12.4. The van der Waals surface area contributed by atoms with E-state index in [0.29, 0.717) is 0 Å². The van der Waals surface area contributed by atoms with Crippen LogP contribution in [0.2, 0.25) is 30.9 Å². The zero-order valence-corrected chi connectivity index (χ0v) is 12.8. The summed E-state index contributed by atoms with van der Waals surface area (Å²) >= 11 is 0. The molecule has 0 aliphatic carbocycles. The van der Waals surface area contributed by atoms with Crippen LogP contribution in [-0.4, -0.2) is 14.8 Å². The Morgan fingerprint density at radius 1 is 1.12 bits per heavy atom. The van der Waals surface area contributed by atoms with Crippen LogP contribution in [0.3, 0.4) is 0 Å². The second kappa shape index (κ2) is 5.20. The number of hydrogen-bond acceptors (Lipinski definition) is 0. The smallest absolute Gasteiger partial charge is 0.143 e. The van der Waals surface area contributed by atoms with Crippen molar-refractivity contribution in [1.29, 1.82) is 0 Å². The Morgan fingerprint density at radius 2 is 1.71 bits per heavy atom. The maximum atomic E-state index is 3.85. The van der Waals surface area contributed by atoms with Crippen LogP contribution in [0.15, 0.2) is 18.3 Å². The van der Waals surface area contributed by atoms with E-state index in [0.717, 1.165) is 23.9 Å². The molecule has 0 saturated carbocycles. The minimum atomic E-state index is -1.07. The van der Waals surface area contributed by atoms with Crippen LogP contribution in [0.4, 0.5) is 0 Å². The van der Waals surface area contributed by atoms with E-state index in [-0.39, 0.29) is 0 Å². The summed E-state index contributed by atoms with van der Waals surface area (Å²) < 4.78 is 0. The van der Waals surface area contributed by atoms with Gasteiger partial charge in [0.2, 0.25) is 0 Å². The molecule has 17 heavy (non-hydrogen) atoms. The molecule has 2 aliphatic heterocycles. The molecular formula is C15H27BSi. The fraction of sp³-hybridized carbons (Fsp3) is 0.800. The van der Waals surface area contributed by atoms with Crippen molar-refractivity contribution in [2.45, 2.75) is 69.4 Å². The predicted octanol–water partition coefficient (Wildman–Crippen LogP) is 4.96. The van der Waals surface area contributed by atoms with Gasteiger partial charge in [0, 0.05) is 8.07 Å². The number of rotatable bonds is 2. The van der Waals surface area contributed by atoms with E-state index in [1.165, 1.54) is 38.5 Å². The largest absolute Gasteiger partial charge is 0.180 e. The third kappa shape index (κ3) is 2.80. The summed E-state index contributed by atoms with van der Waals surface area (Å²) in [5.74, 6) is 4.29. The normalized spacial score (nSPS) is 33.8. The average Bonchev–Trinajstić information content (AvgIpc) is 2.44. The molecule has 0 spiro atoms. The van der Waals surface area contributed by atoms with Gasteiger partial charge in [0.05, 0.1) is 0 Å². The molecule has 2 saturated heterocycles. The summed E-state index contributed by atoms with van der Waals surface area (Å²) in [5, 5.41) is 0. The van der Waals surface area contributed by atoms with Gasteiger partial charge in [-0.15, -0.1) is 5.73 Å². The van der Waals surface area contributed by atoms with Crippen LogP contribution in [0.1, 0.15) is 38.5 Å². The first-order valence-electron chi connectivity index (χ1n) is 7.40.